The topological polar surface area (TPSA) is 105 Å². The minimum atomic E-state index is -0.630. The first-order valence-electron chi connectivity index (χ1n) is 4.79. The number of carbonyl (C=O) groups is 1. The normalized spacial score (nSPS) is 10.5. The number of aromatic amines is 2. The van der Waals surface area contributed by atoms with Crippen molar-refractivity contribution in [3.63, 3.8) is 0 Å². The van der Waals surface area contributed by atoms with Gasteiger partial charge in [0.2, 0.25) is 0 Å². The van der Waals surface area contributed by atoms with Crippen molar-refractivity contribution in [3.8, 4) is 5.75 Å². The Morgan fingerprint density at radius 3 is 2.71 bits per heavy atom. The lowest BCUT2D eigenvalue weighted by Gasteiger charge is -2.06. The van der Waals surface area contributed by atoms with Crippen molar-refractivity contribution < 1.29 is 9.53 Å². The van der Waals surface area contributed by atoms with E-state index in [1.54, 1.807) is 6.92 Å². The molecule has 0 bridgehead atoms. The van der Waals surface area contributed by atoms with Crippen LogP contribution in [0.4, 0.5) is 0 Å². The van der Waals surface area contributed by atoms with E-state index >= 15 is 0 Å². The number of nitrogens with zero attached hydrogens (tertiary/aromatic N) is 1. The summed E-state index contributed by atoms with van der Waals surface area (Å²) in [4.78, 5) is 41.8. The number of ether oxygens (including phenoxy) is 1. The summed E-state index contributed by atoms with van der Waals surface area (Å²) < 4.78 is 4.89. The fraction of sp³-hybridized carbons (Fsp3) is 0.200. The standard InChI is InChI=1S/C10H9N3O4/c1-4-6(17-5(2)14)3-11-8-7(4)9(15)13-10(16)12-8/h3H,1-2H3,(H2,11,12,13,15,16). The van der Waals surface area contributed by atoms with Crippen LogP contribution in [0.5, 0.6) is 5.75 Å². The predicted molar refractivity (Wildman–Crippen MR) is 59.0 cm³/mol. The summed E-state index contributed by atoms with van der Waals surface area (Å²) in [6.07, 6.45) is 1.29. The number of aryl methyl sites for hydroxylation is 1. The first-order valence-corrected chi connectivity index (χ1v) is 4.79. The zero-order chi connectivity index (χ0) is 12.6. The molecule has 0 fully saturated rings. The molecule has 2 N–H and O–H groups in total. The molecule has 17 heavy (non-hydrogen) atoms. The number of aromatic nitrogens is 3. The lowest BCUT2D eigenvalue weighted by Crippen LogP contribution is -2.23. The Bertz CT molecular complexity index is 714. The van der Waals surface area contributed by atoms with Crippen molar-refractivity contribution in [1.29, 1.82) is 0 Å². The minimum absolute atomic E-state index is 0.159. The van der Waals surface area contributed by atoms with Gasteiger partial charge in [0.25, 0.3) is 5.56 Å². The quantitative estimate of drug-likeness (QED) is 0.668. The van der Waals surface area contributed by atoms with Crippen LogP contribution < -0.4 is 16.0 Å². The van der Waals surface area contributed by atoms with Gasteiger partial charge in [-0.05, 0) is 6.92 Å². The van der Waals surface area contributed by atoms with Crippen molar-refractivity contribution in [2.45, 2.75) is 13.8 Å². The molecule has 0 aliphatic rings. The second-order valence-corrected chi connectivity index (χ2v) is 3.47. The Hall–Kier alpha value is -2.44. The second kappa shape index (κ2) is 3.85. The molecule has 7 nitrogen and oxygen atoms in total. The molecule has 0 radical (unpaired) electrons. The predicted octanol–water partition coefficient (Wildman–Crippen LogP) is -0.155. The Morgan fingerprint density at radius 2 is 2.06 bits per heavy atom. The highest BCUT2D eigenvalue weighted by Crippen LogP contribution is 2.20. The van der Waals surface area contributed by atoms with Crippen LogP contribution in [0.3, 0.4) is 0 Å². The van der Waals surface area contributed by atoms with E-state index in [0.717, 1.165) is 0 Å². The molecule has 7 heteroatoms. The van der Waals surface area contributed by atoms with Gasteiger partial charge in [0.1, 0.15) is 5.65 Å². The molecule has 0 atom stereocenters. The van der Waals surface area contributed by atoms with Crippen LogP contribution in [0, 0.1) is 6.92 Å². The summed E-state index contributed by atoms with van der Waals surface area (Å²) in [6, 6.07) is 0. The zero-order valence-corrected chi connectivity index (χ0v) is 9.16. The van der Waals surface area contributed by atoms with Gasteiger partial charge in [-0.2, -0.15) is 0 Å². The zero-order valence-electron chi connectivity index (χ0n) is 9.16. The van der Waals surface area contributed by atoms with Gasteiger partial charge >= 0.3 is 11.7 Å². The Morgan fingerprint density at radius 1 is 1.35 bits per heavy atom. The molecular weight excluding hydrogens is 226 g/mol. The third kappa shape index (κ3) is 1.94. The van der Waals surface area contributed by atoms with Gasteiger partial charge in [-0.3, -0.25) is 19.6 Å². The summed E-state index contributed by atoms with van der Waals surface area (Å²) in [5, 5.41) is 0.198. The fourth-order valence-corrected chi connectivity index (χ4v) is 1.52. The van der Waals surface area contributed by atoms with E-state index in [2.05, 4.69) is 15.0 Å². The number of carbonyl (C=O) groups excluding carboxylic acids is 1. The molecule has 0 spiro atoms. The van der Waals surface area contributed by atoms with Gasteiger partial charge in [-0.15, -0.1) is 0 Å². The Kier molecular flexibility index (Phi) is 2.51. The maximum atomic E-state index is 11.6. The van der Waals surface area contributed by atoms with Gasteiger partial charge in [0.15, 0.2) is 5.75 Å². The van der Waals surface area contributed by atoms with Crippen LogP contribution in [0.15, 0.2) is 15.8 Å². The minimum Gasteiger partial charge on any atom is -0.425 e. The summed E-state index contributed by atoms with van der Waals surface area (Å²) in [5.41, 5.74) is -0.591. The summed E-state index contributed by atoms with van der Waals surface area (Å²) in [6.45, 7) is 2.86. The molecule has 0 aliphatic carbocycles. The number of pyridine rings is 1. The fourth-order valence-electron chi connectivity index (χ4n) is 1.52. The maximum Gasteiger partial charge on any atom is 0.327 e. The molecule has 0 aliphatic heterocycles. The second-order valence-electron chi connectivity index (χ2n) is 3.47. The molecule has 0 unspecified atom stereocenters. The molecule has 0 amide bonds. The first-order chi connectivity index (χ1) is 7.99. The molecule has 0 saturated heterocycles. The summed E-state index contributed by atoms with van der Waals surface area (Å²) in [5.74, 6) is -0.308. The molecule has 88 valence electrons. The third-order valence-electron chi connectivity index (χ3n) is 2.23. The lowest BCUT2D eigenvalue weighted by molar-refractivity contribution is -0.131. The number of esters is 1. The molecule has 0 saturated carbocycles. The van der Waals surface area contributed by atoms with Crippen LogP contribution in [0.2, 0.25) is 0 Å². The molecule has 2 aromatic heterocycles. The molecule has 2 aromatic rings. The third-order valence-corrected chi connectivity index (χ3v) is 2.23. The molecule has 0 aromatic carbocycles. The van der Waals surface area contributed by atoms with Crippen LogP contribution in [-0.2, 0) is 4.79 Å². The van der Waals surface area contributed by atoms with Crippen molar-refractivity contribution in [2.24, 2.45) is 0 Å². The summed E-state index contributed by atoms with van der Waals surface area (Å²) >= 11 is 0. The number of hydrogen-bond donors (Lipinski definition) is 2. The van der Waals surface area contributed by atoms with Crippen LogP contribution in [0.1, 0.15) is 12.5 Å². The highest BCUT2D eigenvalue weighted by Gasteiger charge is 2.11. The average Bonchev–Trinajstić information content (AvgIpc) is 2.20. The average molecular weight is 235 g/mol. The van der Waals surface area contributed by atoms with E-state index in [-0.39, 0.29) is 16.8 Å². The van der Waals surface area contributed by atoms with Crippen molar-refractivity contribution in [3.05, 3.63) is 32.6 Å². The van der Waals surface area contributed by atoms with E-state index in [9.17, 15) is 14.4 Å². The molecule has 2 heterocycles. The Balaban J connectivity index is 2.80. The molecular formula is C10H9N3O4. The van der Waals surface area contributed by atoms with E-state index < -0.39 is 17.2 Å². The number of H-pyrrole nitrogens is 2. The van der Waals surface area contributed by atoms with Gasteiger partial charge < -0.3 is 4.74 Å². The van der Waals surface area contributed by atoms with Crippen LogP contribution in [-0.4, -0.2) is 20.9 Å². The Labute approximate surface area is 94.5 Å². The molecule has 2 rings (SSSR count). The lowest BCUT2D eigenvalue weighted by atomic mass is 10.2. The smallest absolute Gasteiger partial charge is 0.327 e. The van der Waals surface area contributed by atoms with Gasteiger partial charge in [0.05, 0.1) is 11.6 Å². The highest BCUT2D eigenvalue weighted by atomic mass is 16.5. The van der Waals surface area contributed by atoms with E-state index in [0.29, 0.717) is 5.56 Å². The van der Waals surface area contributed by atoms with E-state index in [1.165, 1.54) is 13.1 Å². The van der Waals surface area contributed by atoms with Gasteiger partial charge in [-0.25, -0.2) is 9.78 Å². The number of nitrogens with one attached hydrogen (secondary N) is 2. The first kappa shape index (κ1) is 11.1. The largest absolute Gasteiger partial charge is 0.425 e. The maximum absolute atomic E-state index is 11.6. The van der Waals surface area contributed by atoms with Gasteiger partial charge in [0, 0.05) is 12.5 Å². The van der Waals surface area contributed by atoms with Crippen LogP contribution in [0.25, 0.3) is 11.0 Å². The van der Waals surface area contributed by atoms with Crippen LogP contribution >= 0.6 is 0 Å². The monoisotopic (exact) mass is 235 g/mol. The van der Waals surface area contributed by atoms with E-state index in [4.69, 9.17) is 4.74 Å². The number of rotatable bonds is 1. The van der Waals surface area contributed by atoms with Crippen molar-refractivity contribution in [1.82, 2.24) is 15.0 Å². The van der Waals surface area contributed by atoms with E-state index in [1.807, 2.05) is 0 Å². The van der Waals surface area contributed by atoms with Crippen molar-refractivity contribution in [2.75, 3.05) is 0 Å². The summed E-state index contributed by atoms with van der Waals surface area (Å²) in [7, 11) is 0. The number of fused-ring (bicyclic) bond motifs is 1. The number of hydrogen-bond acceptors (Lipinski definition) is 5. The van der Waals surface area contributed by atoms with Gasteiger partial charge in [-0.1, -0.05) is 0 Å². The van der Waals surface area contributed by atoms with Crippen molar-refractivity contribution >= 4 is 17.0 Å². The SMILES string of the molecule is CC(=O)Oc1cnc2[nH]c(=O)[nH]c(=O)c2c1C. The highest BCUT2D eigenvalue weighted by molar-refractivity contribution is 5.80.